The van der Waals surface area contributed by atoms with Crippen LogP contribution in [0.1, 0.15) is 18.4 Å². The maximum absolute atomic E-state index is 10.2. The third kappa shape index (κ3) is 4.74. The number of hydrogen-bond acceptors (Lipinski definition) is 3. The maximum Gasteiger partial charge on any atom is 0.303 e. The predicted octanol–water partition coefficient (Wildman–Crippen LogP) is 2.36. The number of aliphatic carboxylic acids is 1. The summed E-state index contributed by atoms with van der Waals surface area (Å²) in [4.78, 5) is 10.2. The molecule has 0 aliphatic heterocycles. The molecule has 0 aliphatic rings. The fraction of sp³-hybridized carbons (Fsp3) is 0.364. The molecule has 82 valence electrons. The van der Waals surface area contributed by atoms with Gasteiger partial charge < -0.3 is 9.84 Å². The molecule has 1 rings (SSSR count). The minimum Gasteiger partial charge on any atom is -0.494 e. The van der Waals surface area contributed by atoms with Gasteiger partial charge >= 0.3 is 5.97 Å². The Kier molecular flexibility index (Phi) is 5.04. The molecule has 4 heteroatoms. The van der Waals surface area contributed by atoms with Crippen molar-refractivity contribution in [3.05, 3.63) is 29.8 Å². The van der Waals surface area contributed by atoms with Gasteiger partial charge in [0.25, 0.3) is 0 Å². The highest BCUT2D eigenvalue weighted by atomic mass is 32.1. The normalized spacial score (nSPS) is 9.93. The number of rotatable bonds is 6. The highest BCUT2D eigenvalue weighted by Crippen LogP contribution is 2.14. The number of benzene rings is 1. The van der Waals surface area contributed by atoms with Crippen molar-refractivity contribution in [2.45, 2.75) is 18.6 Å². The summed E-state index contributed by atoms with van der Waals surface area (Å²) < 4.78 is 5.40. The van der Waals surface area contributed by atoms with Crippen molar-refractivity contribution < 1.29 is 14.6 Å². The van der Waals surface area contributed by atoms with Gasteiger partial charge in [-0.2, -0.15) is 12.6 Å². The van der Waals surface area contributed by atoms with Crippen LogP contribution < -0.4 is 4.74 Å². The molecule has 0 saturated heterocycles. The van der Waals surface area contributed by atoms with Crippen molar-refractivity contribution in [1.29, 1.82) is 0 Å². The van der Waals surface area contributed by atoms with Gasteiger partial charge in [-0.15, -0.1) is 0 Å². The fourth-order valence-electron chi connectivity index (χ4n) is 1.15. The molecule has 15 heavy (non-hydrogen) atoms. The first-order chi connectivity index (χ1) is 7.22. The summed E-state index contributed by atoms with van der Waals surface area (Å²) in [5.74, 6) is 0.654. The highest BCUT2D eigenvalue weighted by molar-refractivity contribution is 7.79. The van der Waals surface area contributed by atoms with E-state index in [1.54, 1.807) is 0 Å². The number of hydrogen-bond donors (Lipinski definition) is 2. The second-order valence-electron chi connectivity index (χ2n) is 3.15. The lowest BCUT2D eigenvalue weighted by Gasteiger charge is -2.06. The minimum absolute atomic E-state index is 0.145. The smallest absolute Gasteiger partial charge is 0.303 e. The van der Waals surface area contributed by atoms with E-state index in [-0.39, 0.29) is 6.42 Å². The molecule has 1 N–H and O–H groups in total. The standard InChI is InChI=1S/C11H14O3S/c12-11(13)5-2-6-14-10-4-1-3-9(7-10)8-15/h1,3-4,7,15H,2,5-6,8H2,(H,12,13). The molecule has 0 spiro atoms. The molecule has 0 atom stereocenters. The zero-order valence-corrected chi connectivity index (χ0v) is 9.24. The van der Waals surface area contributed by atoms with E-state index in [1.165, 1.54) is 0 Å². The van der Waals surface area contributed by atoms with Crippen LogP contribution in [0.25, 0.3) is 0 Å². The van der Waals surface area contributed by atoms with E-state index in [0.717, 1.165) is 11.3 Å². The Morgan fingerprint density at radius 2 is 2.27 bits per heavy atom. The second kappa shape index (κ2) is 6.35. The monoisotopic (exact) mass is 226 g/mol. The van der Waals surface area contributed by atoms with Crippen LogP contribution in [-0.4, -0.2) is 17.7 Å². The summed E-state index contributed by atoms with van der Waals surface area (Å²) in [6.45, 7) is 0.433. The van der Waals surface area contributed by atoms with Gasteiger partial charge in [0.05, 0.1) is 6.61 Å². The van der Waals surface area contributed by atoms with E-state index in [9.17, 15) is 4.79 Å². The summed E-state index contributed by atoms with van der Waals surface area (Å²) in [6, 6.07) is 7.64. The van der Waals surface area contributed by atoms with Gasteiger partial charge in [0.1, 0.15) is 5.75 Å². The molecule has 1 aromatic carbocycles. The molecule has 3 nitrogen and oxygen atoms in total. The minimum atomic E-state index is -0.789. The Balaban J connectivity index is 2.33. The van der Waals surface area contributed by atoms with Crippen LogP contribution in [-0.2, 0) is 10.5 Å². The summed E-state index contributed by atoms with van der Waals surface area (Å²) in [5, 5.41) is 8.43. The third-order valence-corrected chi connectivity index (χ3v) is 2.25. The number of carboxylic acids is 1. The molecule has 0 aliphatic carbocycles. The molecule has 0 amide bonds. The van der Waals surface area contributed by atoms with Crippen molar-refractivity contribution in [3.8, 4) is 5.75 Å². The number of carbonyl (C=O) groups is 1. The first-order valence-electron chi connectivity index (χ1n) is 4.77. The molecule has 0 unspecified atom stereocenters. The number of ether oxygens (including phenoxy) is 1. The summed E-state index contributed by atoms with van der Waals surface area (Å²) >= 11 is 4.16. The Hall–Kier alpha value is -1.16. The highest BCUT2D eigenvalue weighted by Gasteiger charge is 1.98. The van der Waals surface area contributed by atoms with E-state index in [0.29, 0.717) is 18.8 Å². The molecular weight excluding hydrogens is 212 g/mol. The lowest BCUT2D eigenvalue weighted by molar-refractivity contribution is -0.137. The number of thiol groups is 1. The van der Waals surface area contributed by atoms with Crippen LogP contribution in [0, 0.1) is 0 Å². The fourth-order valence-corrected chi connectivity index (χ4v) is 1.34. The van der Waals surface area contributed by atoms with Crippen molar-refractivity contribution in [2.24, 2.45) is 0 Å². The van der Waals surface area contributed by atoms with Gasteiger partial charge in [-0.1, -0.05) is 12.1 Å². The van der Waals surface area contributed by atoms with Gasteiger partial charge in [-0.25, -0.2) is 0 Å². The van der Waals surface area contributed by atoms with Crippen LogP contribution in [0.15, 0.2) is 24.3 Å². The quantitative estimate of drug-likeness (QED) is 0.578. The Labute approximate surface area is 94.5 Å². The van der Waals surface area contributed by atoms with Crippen LogP contribution in [0.5, 0.6) is 5.75 Å². The number of carboxylic acid groups (broad SMARTS) is 1. The van der Waals surface area contributed by atoms with Crippen molar-refractivity contribution in [2.75, 3.05) is 6.61 Å². The van der Waals surface area contributed by atoms with Gasteiger partial charge in [0.2, 0.25) is 0 Å². The SMILES string of the molecule is O=C(O)CCCOc1cccc(CS)c1. The summed E-state index contributed by atoms with van der Waals surface area (Å²) in [6.07, 6.45) is 0.673. The molecule has 0 saturated carbocycles. The lowest BCUT2D eigenvalue weighted by Crippen LogP contribution is -2.02. The van der Waals surface area contributed by atoms with Crippen molar-refractivity contribution >= 4 is 18.6 Å². The maximum atomic E-state index is 10.2. The van der Waals surface area contributed by atoms with E-state index < -0.39 is 5.97 Å². The van der Waals surface area contributed by atoms with Crippen molar-refractivity contribution in [3.63, 3.8) is 0 Å². The van der Waals surface area contributed by atoms with Crippen LogP contribution in [0.4, 0.5) is 0 Å². The predicted molar refractivity (Wildman–Crippen MR) is 61.5 cm³/mol. The van der Waals surface area contributed by atoms with Crippen LogP contribution in [0.2, 0.25) is 0 Å². The summed E-state index contributed by atoms with van der Waals surface area (Å²) in [5.41, 5.74) is 1.09. The first kappa shape index (κ1) is 11.9. The largest absolute Gasteiger partial charge is 0.494 e. The zero-order valence-electron chi connectivity index (χ0n) is 8.35. The van der Waals surface area contributed by atoms with Gasteiger partial charge in [-0.05, 0) is 24.1 Å². The van der Waals surface area contributed by atoms with E-state index in [2.05, 4.69) is 12.6 Å². The molecule has 1 aromatic rings. The third-order valence-electron chi connectivity index (χ3n) is 1.88. The average Bonchev–Trinajstić information content (AvgIpc) is 2.24. The van der Waals surface area contributed by atoms with Crippen LogP contribution >= 0.6 is 12.6 Å². The molecule has 0 fully saturated rings. The molecule has 0 heterocycles. The lowest BCUT2D eigenvalue weighted by atomic mass is 10.2. The van der Waals surface area contributed by atoms with Gasteiger partial charge in [0.15, 0.2) is 0 Å². The van der Waals surface area contributed by atoms with E-state index in [1.807, 2.05) is 24.3 Å². The van der Waals surface area contributed by atoms with Gasteiger partial charge in [-0.3, -0.25) is 4.79 Å². The second-order valence-corrected chi connectivity index (χ2v) is 3.47. The molecule has 0 bridgehead atoms. The molecule has 0 radical (unpaired) electrons. The Bertz CT molecular complexity index is 325. The van der Waals surface area contributed by atoms with Crippen molar-refractivity contribution in [1.82, 2.24) is 0 Å². The Morgan fingerprint density at radius 3 is 2.93 bits per heavy atom. The van der Waals surface area contributed by atoms with Gasteiger partial charge in [0, 0.05) is 12.2 Å². The van der Waals surface area contributed by atoms with E-state index in [4.69, 9.17) is 9.84 Å². The average molecular weight is 226 g/mol. The Morgan fingerprint density at radius 1 is 1.47 bits per heavy atom. The summed E-state index contributed by atoms with van der Waals surface area (Å²) in [7, 11) is 0. The molecule has 0 aromatic heterocycles. The van der Waals surface area contributed by atoms with Crippen LogP contribution in [0.3, 0.4) is 0 Å². The first-order valence-corrected chi connectivity index (χ1v) is 5.40. The molecular formula is C11H14O3S. The zero-order chi connectivity index (χ0) is 11.1. The topological polar surface area (TPSA) is 46.5 Å². The van der Waals surface area contributed by atoms with E-state index >= 15 is 0 Å².